The fourth-order valence-corrected chi connectivity index (χ4v) is 2.15. The number of morpholine rings is 1. The number of ether oxygens (including phenoxy) is 2. The summed E-state index contributed by atoms with van der Waals surface area (Å²) in [6.07, 6.45) is 1.63. The Labute approximate surface area is 106 Å². The van der Waals surface area contributed by atoms with Crippen molar-refractivity contribution in [2.45, 2.75) is 19.6 Å². The molecule has 0 spiro atoms. The van der Waals surface area contributed by atoms with E-state index in [1.165, 1.54) is 7.11 Å². The van der Waals surface area contributed by atoms with E-state index in [1.54, 1.807) is 6.20 Å². The molecular formula is C12H19N3O3. The van der Waals surface area contributed by atoms with E-state index in [4.69, 9.17) is 9.47 Å². The van der Waals surface area contributed by atoms with Gasteiger partial charge in [-0.05, 0) is 14.0 Å². The predicted octanol–water partition coefficient (Wildman–Crippen LogP) is 0.309. The largest absolute Gasteiger partial charge is 0.464 e. The Balaban J connectivity index is 2.12. The lowest BCUT2D eigenvalue weighted by Gasteiger charge is -2.30. The summed E-state index contributed by atoms with van der Waals surface area (Å²) in [5, 5.41) is 0. The van der Waals surface area contributed by atoms with E-state index in [-0.39, 0.29) is 12.1 Å². The Hall–Kier alpha value is -1.40. The Morgan fingerprint density at radius 1 is 1.67 bits per heavy atom. The lowest BCUT2D eigenvalue weighted by atomic mass is 10.2. The first kappa shape index (κ1) is 13.0. The number of carbonyl (C=O) groups is 1. The third kappa shape index (κ3) is 2.70. The zero-order chi connectivity index (χ0) is 13.1. The van der Waals surface area contributed by atoms with Crippen molar-refractivity contribution in [3.63, 3.8) is 0 Å². The lowest BCUT2D eigenvalue weighted by molar-refractivity contribution is -0.0281. The Bertz CT molecular complexity index is 430. The van der Waals surface area contributed by atoms with Crippen LogP contribution < -0.4 is 0 Å². The third-order valence-electron chi connectivity index (χ3n) is 3.18. The van der Waals surface area contributed by atoms with Gasteiger partial charge < -0.3 is 18.9 Å². The molecule has 0 aromatic carbocycles. The molecule has 0 amide bonds. The molecule has 6 heteroatoms. The van der Waals surface area contributed by atoms with E-state index in [2.05, 4.69) is 16.9 Å². The van der Waals surface area contributed by atoms with Crippen LogP contribution in [0.2, 0.25) is 0 Å². The standard InChI is InChI=1S/C12H19N3O3/c1-9-13-6-11(12(16)17-3)15(9)8-10-7-14(2)4-5-18-10/h6,10H,4-5,7-8H2,1-3H3. The minimum atomic E-state index is -0.361. The van der Waals surface area contributed by atoms with Gasteiger partial charge in [-0.25, -0.2) is 9.78 Å². The summed E-state index contributed by atoms with van der Waals surface area (Å²) in [6, 6.07) is 0. The summed E-state index contributed by atoms with van der Waals surface area (Å²) in [6.45, 7) is 5.03. The highest BCUT2D eigenvalue weighted by atomic mass is 16.5. The Kier molecular flexibility index (Phi) is 3.98. The molecule has 0 aliphatic carbocycles. The topological polar surface area (TPSA) is 56.6 Å². The number of aromatic nitrogens is 2. The zero-order valence-electron chi connectivity index (χ0n) is 11.0. The number of hydrogen-bond donors (Lipinski definition) is 0. The summed E-state index contributed by atoms with van der Waals surface area (Å²) in [5.41, 5.74) is 0.479. The van der Waals surface area contributed by atoms with Crippen LogP contribution in [-0.4, -0.2) is 60.4 Å². The predicted molar refractivity (Wildman–Crippen MR) is 65.5 cm³/mol. The van der Waals surface area contributed by atoms with Crippen LogP contribution in [-0.2, 0) is 16.0 Å². The molecule has 2 heterocycles. The second kappa shape index (κ2) is 5.49. The van der Waals surface area contributed by atoms with Crippen LogP contribution in [0.15, 0.2) is 6.20 Å². The first-order valence-electron chi connectivity index (χ1n) is 6.02. The number of aryl methyl sites for hydroxylation is 1. The molecule has 1 fully saturated rings. The highest BCUT2D eigenvalue weighted by Crippen LogP contribution is 2.11. The maximum absolute atomic E-state index is 11.6. The van der Waals surface area contributed by atoms with Gasteiger partial charge in [-0.15, -0.1) is 0 Å². The zero-order valence-corrected chi connectivity index (χ0v) is 11.0. The van der Waals surface area contributed by atoms with Crippen molar-refractivity contribution in [3.8, 4) is 0 Å². The quantitative estimate of drug-likeness (QED) is 0.726. The van der Waals surface area contributed by atoms with Gasteiger partial charge in [0.15, 0.2) is 0 Å². The molecule has 1 aromatic heterocycles. The number of carbonyl (C=O) groups excluding carboxylic acids is 1. The fourth-order valence-electron chi connectivity index (χ4n) is 2.15. The van der Waals surface area contributed by atoms with E-state index >= 15 is 0 Å². The molecule has 1 saturated heterocycles. The van der Waals surface area contributed by atoms with Crippen molar-refractivity contribution >= 4 is 5.97 Å². The summed E-state index contributed by atoms with van der Waals surface area (Å²) in [5.74, 6) is 0.437. The van der Waals surface area contributed by atoms with Crippen LogP contribution in [0.3, 0.4) is 0 Å². The molecule has 0 N–H and O–H groups in total. The highest BCUT2D eigenvalue weighted by molar-refractivity contribution is 5.87. The number of nitrogens with zero attached hydrogens (tertiary/aromatic N) is 3. The van der Waals surface area contributed by atoms with E-state index < -0.39 is 0 Å². The molecule has 1 aliphatic rings. The third-order valence-corrected chi connectivity index (χ3v) is 3.18. The summed E-state index contributed by atoms with van der Waals surface area (Å²) in [7, 11) is 3.44. The first-order chi connectivity index (χ1) is 8.61. The molecule has 6 nitrogen and oxygen atoms in total. The van der Waals surface area contributed by atoms with Gasteiger partial charge in [-0.2, -0.15) is 0 Å². The van der Waals surface area contributed by atoms with Crippen LogP contribution in [0.25, 0.3) is 0 Å². The Morgan fingerprint density at radius 3 is 3.11 bits per heavy atom. The second-order valence-corrected chi connectivity index (χ2v) is 4.55. The summed E-state index contributed by atoms with van der Waals surface area (Å²) in [4.78, 5) is 18.0. The fraction of sp³-hybridized carbons (Fsp3) is 0.667. The molecule has 0 radical (unpaired) electrons. The van der Waals surface area contributed by atoms with Crippen molar-refractivity contribution in [2.75, 3.05) is 33.9 Å². The minimum Gasteiger partial charge on any atom is -0.464 e. The molecule has 1 aliphatic heterocycles. The van der Waals surface area contributed by atoms with E-state index in [0.717, 1.165) is 25.5 Å². The number of hydrogen-bond acceptors (Lipinski definition) is 5. The molecule has 1 unspecified atom stereocenters. The first-order valence-corrected chi connectivity index (χ1v) is 6.02. The van der Waals surface area contributed by atoms with Crippen LogP contribution in [0.4, 0.5) is 0 Å². The molecule has 2 rings (SSSR count). The summed E-state index contributed by atoms with van der Waals surface area (Å²) < 4.78 is 12.3. The SMILES string of the molecule is COC(=O)c1cnc(C)n1CC1CN(C)CCO1. The number of likely N-dealkylation sites (N-methyl/N-ethyl adjacent to an activating group) is 1. The number of methoxy groups -OCH3 is 1. The molecule has 18 heavy (non-hydrogen) atoms. The number of imidazole rings is 1. The van der Waals surface area contributed by atoms with Gasteiger partial charge in [-0.3, -0.25) is 0 Å². The lowest BCUT2D eigenvalue weighted by Crippen LogP contribution is -2.42. The van der Waals surface area contributed by atoms with E-state index in [0.29, 0.717) is 12.2 Å². The number of rotatable bonds is 3. The van der Waals surface area contributed by atoms with Gasteiger partial charge in [0.25, 0.3) is 0 Å². The van der Waals surface area contributed by atoms with Gasteiger partial charge in [0.1, 0.15) is 11.5 Å². The van der Waals surface area contributed by atoms with Crippen LogP contribution >= 0.6 is 0 Å². The average molecular weight is 253 g/mol. The maximum atomic E-state index is 11.6. The van der Waals surface area contributed by atoms with Crippen LogP contribution in [0, 0.1) is 6.92 Å². The van der Waals surface area contributed by atoms with E-state index in [9.17, 15) is 4.79 Å². The number of esters is 1. The van der Waals surface area contributed by atoms with Gasteiger partial charge in [-0.1, -0.05) is 0 Å². The van der Waals surface area contributed by atoms with Gasteiger partial charge in [0, 0.05) is 13.1 Å². The second-order valence-electron chi connectivity index (χ2n) is 4.55. The van der Waals surface area contributed by atoms with Crippen molar-refractivity contribution in [3.05, 3.63) is 17.7 Å². The molecule has 1 aromatic rings. The highest BCUT2D eigenvalue weighted by Gasteiger charge is 2.22. The van der Waals surface area contributed by atoms with Gasteiger partial charge in [0.05, 0.1) is 32.6 Å². The maximum Gasteiger partial charge on any atom is 0.356 e. The normalized spacial score (nSPS) is 20.9. The molecule has 1 atom stereocenters. The minimum absolute atomic E-state index is 0.0834. The monoisotopic (exact) mass is 253 g/mol. The van der Waals surface area contributed by atoms with Crippen molar-refractivity contribution in [1.29, 1.82) is 0 Å². The van der Waals surface area contributed by atoms with E-state index in [1.807, 2.05) is 11.5 Å². The summed E-state index contributed by atoms with van der Waals surface area (Å²) >= 11 is 0. The van der Waals surface area contributed by atoms with Crippen LogP contribution in [0.1, 0.15) is 16.3 Å². The van der Waals surface area contributed by atoms with Crippen molar-refractivity contribution in [1.82, 2.24) is 14.5 Å². The Morgan fingerprint density at radius 2 is 2.44 bits per heavy atom. The van der Waals surface area contributed by atoms with Crippen molar-refractivity contribution < 1.29 is 14.3 Å². The van der Waals surface area contributed by atoms with Crippen LogP contribution in [0.5, 0.6) is 0 Å². The van der Waals surface area contributed by atoms with Gasteiger partial charge >= 0.3 is 5.97 Å². The molecular weight excluding hydrogens is 234 g/mol. The van der Waals surface area contributed by atoms with Crippen molar-refractivity contribution in [2.24, 2.45) is 0 Å². The molecule has 100 valence electrons. The molecule has 0 saturated carbocycles. The molecule has 0 bridgehead atoms. The average Bonchev–Trinajstić information content (AvgIpc) is 2.70. The smallest absolute Gasteiger partial charge is 0.356 e. The van der Waals surface area contributed by atoms with Gasteiger partial charge in [0.2, 0.25) is 0 Å².